The quantitative estimate of drug-likeness (QED) is 0.710. The fraction of sp³-hybridized carbons (Fsp3) is 0.222. The van der Waals surface area contributed by atoms with E-state index in [4.69, 9.17) is 16.3 Å². The van der Waals surface area contributed by atoms with Crippen LogP contribution < -0.4 is 10.0 Å². The van der Waals surface area contributed by atoms with E-state index >= 15 is 0 Å². The molecule has 144 valence electrons. The van der Waals surface area contributed by atoms with E-state index in [1.165, 1.54) is 24.3 Å². The molecule has 0 radical (unpaired) electrons. The van der Waals surface area contributed by atoms with Gasteiger partial charge in [-0.3, -0.25) is 9.52 Å². The van der Waals surface area contributed by atoms with E-state index in [9.17, 15) is 18.0 Å². The molecular formula is C18H19ClN2O5S. The molecule has 0 atom stereocenters. The number of hydrogen-bond acceptors (Lipinski definition) is 5. The Bertz CT molecular complexity index is 989. The third-order valence-corrected chi connectivity index (χ3v) is 4.43. The van der Waals surface area contributed by atoms with Crippen molar-refractivity contribution in [3.05, 3.63) is 58.1 Å². The molecule has 0 spiro atoms. The van der Waals surface area contributed by atoms with Gasteiger partial charge in [-0.25, -0.2) is 13.2 Å². The zero-order valence-electron chi connectivity index (χ0n) is 15.0. The number of carbonyl (C=O) groups excluding carboxylic acids is 2. The number of benzene rings is 2. The minimum atomic E-state index is -3.45. The van der Waals surface area contributed by atoms with E-state index in [0.717, 1.165) is 11.8 Å². The molecular weight excluding hydrogens is 392 g/mol. The summed E-state index contributed by atoms with van der Waals surface area (Å²) in [7, 11) is -3.45. The van der Waals surface area contributed by atoms with Gasteiger partial charge in [0.25, 0.3) is 5.91 Å². The minimum Gasteiger partial charge on any atom is -0.462 e. The van der Waals surface area contributed by atoms with Crippen molar-refractivity contribution >= 4 is 44.9 Å². The molecule has 0 aliphatic carbocycles. The van der Waals surface area contributed by atoms with Crippen LogP contribution in [0.2, 0.25) is 5.02 Å². The number of esters is 1. The first-order valence-corrected chi connectivity index (χ1v) is 10.2. The van der Waals surface area contributed by atoms with Crippen molar-refractivity contribution in [3.8, 4) is 0 Å². The summed E-state index contributed by atoms with van der Waals surface area (Å²) in [6.45, 7) is 3.74. The fourth-order valence-corrected chi connectivity index (χ4v) is 3.09. The predicted octanol–water partition coefficient (Wildman–Crippen LogP) is 3.45. The van der Waals surface area contributed by atoms with Gasteiger partial charge in [-0.2, -0.15) is 0 Å². The summed E-state index contributed by atoms with van der Waals surface area (Å²) in [4.78, 5) is 24.4. The highest BCUT2D eigenvalue weighted by atomic mass is 35.5. The summed E-state index contributed by atoms with van der Waals surface area (Å²) in [5.74, 6) is -0.975. The fourth-order valence-electron chi connectivity index (χ4n) is 2.26. The highest BCUT2D eigenvalue weighted by molar-refractivity contribution is 7.92. The van der Waals surface area contributed by atoms with Crippen LogP contribution in [-0.2, 0) is 14.8 Å². The number of ether oxygens (including phenoxy) is 1. The maximum atomic E-state index is 12.5. The van der Waals surface area contributed by atoms with Gasteiger partial charge in [0.1, 0.15) is 0 Å². The number of sulfonamides is 1. The first kappa shape index (κ1) is 20.7. The second-order valence-electron chi connectivity index (χ2n) is 5.77. The van der Waals surface area contributed by atoms with Gasteiger partial charge in [-0.1, -0.05) is 17.7 Å². The molecule has 0 aliphatic rings. The van der Waals surface area contributed by atoms with E-state index in [1.807, 2.05) is 0 Å². The van der Waals surface area contributed by atoms with Crippen molar-refractivity contribution in [2.45, 2.75) is 13.8 Å². The van der Waals surface area contributed by atoms with Gasteiger partial charge in [-0.15, -0.1) is 0 Å². The van der Waals surface area contributed by atoms with Crippen LogP contribution in [0.15, 0.2) is 36.4 Å². The van der Waals surface area contributed by atoms with E-state index in [0.29, 0.717) is 11.3 Å². The Morgan fingerprint density at radius 3 is 2.44 bits per heavy atom. The molecule has 27 heavy (non-hydrogen) atoms. The maximum Gasteiger partial charge on any atom is 0.338 e. The number of nitrogens with one attached hydrogen (secondary N) is 2. The van der Waals surface area contributed by atoms with Crippen LogP contribution in [0, 0.1) is 6.92 Å². The molecule has 7 nitrogen and oxygen atoms in total. The summed E-state index contributed by atoms with van der Waals surface area (Å²) in [5, 5.41) is 2.79. The number of rotatable bonds is 6. The molecule has 0 saturated heterocycles. The van der Waals surface area contributed by atoms with Gasteiger partial charge in [-0.05, 0) is 49.7 Å². The lowest BCUT2D eigenvalue weighted by Gasteiger charge is -2.12. The molecule has 0 saturated carbocycles. The molecule has 0 bridgehead atoms. The number of anilines is 2. The van der Waals surface area contributed by atoms with Gasteiger partial charge in [0.2, 0.25) is 10.0 Å². The lowest BCUT2D eigenvalue weighted by atomic mass is 10.1. The highest BCUT2D eigenvalue weighted by Crippen LogP contribution is 2.24. The molecule has 2 rings (SSSR count). The van der Waals surface area contributed by atoms with Gasteiger partial charge in [0, 0.05) is 11.4 Å². The number of carbonyl (C=O) groups is 2. The summed E-state index contributed by atoms with van der Waals surface area (Å²) in [6, 6.07) is 9.03. The Morgan fingerprint density at radius 1 is 1.15 bits per heavy atom. The second-order valence-corrected chi connectivity index (χ2v) is 7.93. The van der Waals surface area contributed by atoms with Crippen LogP contribution in [0.4, 0.5) is 11.4 Å². The highest BCUT2D eigenvalue weighted by Gasteiger charge is 2.15. The summed E-state index contributed by atoms with van der Waals surface area (Å²) in [5.41, 5.74) is 1.93. The van der Waals surface area contributed by atoms with E-state index in [1.54, 1.807) is 26.0 Å². The number of amides is 1. The Morgan fingerprint density at radius 2 is 1.85 bits per heavy atom. The summed E-state index contributed by atoms with van der Waals surface area (Å²) < 4.78 is 29.8. The van der Waals surface area contributed by atoms with Crippen molar-refractivity contribution in [2.75, 3.05) is 22.9 Å². The van der Waals surface area contributed by atoms with Crippen LogP contribution >= 0.6 is 11.6 Å². The number of hydrogen-bond donors (Lipinski definition) is 2. The second kappa shape index (κ2) is 8.41. The largest absolute Gasteiger partial charge is 0.462 e. The molecule has 0 fully saturated rings. The Hall–Kier alpha value is -2.58. The number of aryl methyl sites for hydroxylation is 1. The Labute approximate surface area is 162 Å². The Balaban J connectivity index is 2.24. The van der Waals surface area contributed by atoms with Gasteiger partial charge < -0.3 is 10.1 Å². The summed E-state index contributed by atoms with van der Waals surface area (Å²) in [6.07, 6.45) is 1.01. The van der Waals surface area contributed by atoms with Crippen molar-refractivity contribution in [2.24, 2.45) is 0 Å². The molecule has 2 aromatic rings. The number of halogens is 1. The standard InChI is InChI=1S/C18H19ClN2O5S/c1-4-26-18(23)12-6-5-11(2)16(9-12)20-17(22)14-8-7-13(10-15(14)19)21-27(3,24)25/h5-10,21H,4H2,1-3H3,(H,20,22). The molecule has 0 heterocycles. The Kier molecular flexibility index (Phi) is 6.45. The van der Waals surface area contributed by atoms with E-state index in [-0.39, 0.29) is 22.9 Å². The third-order valence-electron chi connectivity index (χ3n) is 3.51. The van der Waals surface area contributed by atoms with Crippen LogP contribution in [0.25, 0.3) is 0 Å². The molecule has 0 aliphatic heterocycles. The van der Waals surface area contributed by atoms with Crippen LogP contribution in [0.5, 0.6) is 0 Å². The van der Waals surface area contributed by atoms with Gasteiger partial charge in [0.15, 0.2) is 0 Å². The SMILES string of the molecule is CCOC(=O)c1ccc(C)c(NC(=O)c2ccc(NS(C)(=O)=O)cc2Cl)c1. The van der Waals surface area contributed by atoms with Crippen molar-refractivity contribution in [3.63, 3.8) is 0 Å². The van der Waals surface area contributed by atoms with Crippen LogP contribution in [-0.4, -0.2) is 33.2 Å². The molecule has 0 aromatic heterocycles. The maximum absolute atomic E-state index is 12.5. The first-order valence-electron chi connectivity index (χ1n) is 7.97. The summed E-state index contributed by atoms with van der Waals surface area (Å²) >= 11 is 6.11. The lowest BCUT2D eigenvalue weighted by Crippen LogP contribution is -2.15. The average molecular weight is 411 g/mol. The van der Waals surface area contributed by atoms with Crippen molar-refractivity contribution in [1.29, 1.82) is 0 Å². The molecule has 9 heteroatoms. The van der Waals surface area contributed by atoms with Crippen LogP contribution in [0.1, 0.15) is 33.2 Å². The smallest absolute Gasteiger partial charge is 0.338 e. The molecule has 0 unspecified atom stereocenters. The third kappa shape index (κ3) is 5.70. The van der Waals surface area contributed by atoms with Crippen LogP contribution in [0.3, 0.4) is 0 Å². The average Bonchev–Trinajstić information content (AvgIpc) is 2.55. The van der Waals surface area contributed by atoms with Gasteiger partial charge >= 0.3 is 5.97 Å². The monoisotopic (exact) mass is 410 g/mol. The van der Waals surface area contributed by atoms with Crippen molar-refractivity contribution in [1.82, 2.24) is 0 Å². The zero-order valence-corrected chi connectivity index (χ0v) is 16.6. The zero-order chi connectivity index (χ0) is 20.2. The normalized spacial score (nSPS) is 11.0. The van der Waals surface area contributed by atoms with E-state index in [2.05, 4.69) is 10.0 Å². The molecule has 1 amide bonds. The predicted molar refractivity (Wildman–Crippen MR) is 105 cm³/mol. The minimum absolute atomic E-state index is 0.0837. The van der Waals surface area contributed by atoms with Crippen molar-refractivity contribution < 1.29 is 22.7 Å². The topological polar surface area (TPSA) is 102 Å². The molecule has 2 N–H and O–H groups in total. The van der Waals surface area contributed by atoms with Gasteiger partial charge in [0.05, 0.1) is 29.0 Å². The van der Waals surface area contributed by atoms with E-state index < -0.39 is 21.9 Å². The molecule has 2 aromatic carbocycles. The first-order chi connectivity index (χ1) is 12.6. The lowest BCUT2D eigenvalue weighted by molar-refractivity contribution is 0.0526.